The average Bonchev–Trinajstić information content (AvgIpc) is 2.48. The Balaban J connectivity index is 2.11. The van der Waals surface area contributed by atoms with E-state index >= 15 is 0 Å². The van der Waals surface area contributed by atoms with Gasteiger partial charge in [-0.1, -0.05) is 60.6 Å². The number of hydrogen-bond donors (Lipinski definition) is 1. The number of thioether (sulfide) groups is 1. The number of aliphatic hydroxyl groups excluding tert-OH is 1. The summed E-state index contributed by atoms with van der Waals surface area (Å²) in [4.78, 5) is 11.4. The van der Waals surface area contributed by atoms with Crippen molar-refractivity contribution in [2.24, 2.45) is 39.7 Å². The highest BCUT2D eigenvalue weighted by Gasteiger charge is 2.45. The predicted octanol–water partition coefficient (Wildman–Crippen LogP) is 6.14. The summed E-state index contributed by atoms with van der Waals surface area (Å²) < 4.78 is 0. The standard InChI is InChI=1S/C22H41NO2S/c1-13-9-17(23-25)15(21(3,4)5)11-19(13)26-20-12-16(22(6,7)8)18(24)10-14(20)2/h13-20,24H,9-12H2,1-8H3. The van der Waals surface area contributed by atoms with Crippen LogP contribution in [0, 0.1) is 39.4 Å². The lowest BCUT2D eigenvalue weighted by Crippen LogP contribution is -2.45. The molecule has 8 atom stereocenters. The number of nitroso groups, excluding NO2 is 1. The van der Waals surface area contributed by atoms with E-state index in [1.807, 2.05) is 0 Å². The van der Waals surface area contributed by atoms with E-state index in [-0.39, 0.29) is 23.0 Å². The van der Waals surface area contributed by atoms with Crippen LogP contribution in [0.25, 0.3) is 0 Å². The summed E-state index contributed by atoms with van der Waals surface area (Å²) in [5.41, 5.74) is 0.275. The maximum Gasteiger partial charge on any atom is 0.0956 e. The summed E-state index contributed by atoms with van der Waals surface area (Å²) in [5.74, 6) is 1.83. The lowest BCUT2D eigenvalue weighted by atomic mass is 9.67. The van der Waals surface area contributed by atoms with E-state index < -0.39 is 0 Å². The van der Waals surface area contributed by atoms with E-state index in [9.17, 15) is 10.0 Å². The van der Waals surface area contributed by atoms with E-state index in [4.69, 9.17) is 0 Å². The molecule has 0 amide bonds. The smallest absolute Gasteiger partial charge is 0.0956 e. The van der Waals surface area contributed by atoms with Gasteiger partial charge in [-0.15, -0.1) is 0 Å². The molecular weight excluding hydrogens is 342 g/mol. The number of hydrogen-bond acceptors (Lipinski definition) is 4. The van der Waals surface area contributed by atoms with Crippen LogP contribution in [0.2, 0.25) is 0 Å². The van der Waals surface area contributed by atoms with Crippen LogP contribution in [0.15, 0.2) is 5.18 Å². The number of rotatable bonds is 3. The molecule has 0 aromatic heterocycles. The van der Waals surface area contributed by atoms with E-state index in [1.54, 1.807) is 0 Å². The fourth-order valence-electron chi connectivity index (χ4n) is 5.26. The Bertz CT molecular complexity index is 482. The van der Waals surface area contributed by atoms with Crippen LogP contribution in [0.3, 0.4) is 0 Å². The first-order valence-electron chi connectivity index (χ1n) is 10.5. The molecule has 26 heavy (non-hydrogen) atoms. The van der Waals surface area contributed by atoms with Crippen LogP contribution >= 0.6 is 11.8 Å². The summed E-state index contributed by atoms with van der Waals surface area (Å²) in [7, 11) is 0. The molecule has 0 bridgehead atoms. The molecule has 1 N–H and O–H groups in total. The third-order valence-corrected chi connectivity index (χ3v) is 9.12. The van der Waals surface area contributed by atoms with Gasteiger partial charge in [-0.05, 0) is 60.2 Å². The SMILES string of the molecule is CC1CC(O)C(C(C)(C)C)CC1SC1CC(C(C)(C)C)C(N=O)CC1C. The molecule has 2 aliphatic rings. The molecule has 2 saturated carbocycles. The van der Waals surface area contributed by atoms with Crippen molar-refractivity contribution in [3.05, 3.63) is 4.91 Å². The van der Waals surface area contributed by atoms with Crippen LogP contribution in [0.4, 0.5) is 0 Å². The molecule has 2 fully saturated rings. The van der Waals surface area contributed by atoms with Crippen LogP contribution in [0.1, 0.15) is 81.1 Å². The quantitative estimate of drug-likeness (QED) is 0.596. The molecule has 2 rings (SSSR count). The molecule has 0 spiro atoms. The molecule has 4 heteroatoms. The van der Waals surface area contributed by atoms with E-state index in [0.717, 1.165) is 25.7 Å². The third kappa shape index (κ3) is 5.04. The second kappa shape index (κ2) is 8.11. The largest absolute Gasteiger partial charge is 0.393 e. The molecule has 0 aromatic rings. The Kier molecular flexibility index (Phi) is 6.92. The van der Waals surface area contributed by atoms with E-state index in [1.165, 1.54) is 0 Å². The van der Waals surface area contributed by atoms with Gasteiger partial charge in [0.1, 0.15) is 0 Å². The molecule has 2 aliphatic carbocycles. The van der Waals surface area contributed by atoms with E-state index in [2.05, 4.69) is 72.3 Å². The Morgan fingerprint density at radius 2 is 1.27 bits per heavy atom. The summed E-state index contributed by atoms with van der Waals surface area (Å²) in [6.07, 6.45) is 3.88. The van der Waals surface area contributed by atoms with Gasteiger partial charge in [-0.2, -0.15) is 16.7 Å². The Labute approximate surface area is 165 Å². The fourth-order valence-corrected chi connectivity index (χ4v) is 7.10. The third-order valence-electron chi connectivity index (χ3n) is 7.11. The zero-order valence-electron chi connectivity index (χ0n) is 18.2. The van der Waals surface area contributed by atoms with Crippen molar-refractivity contribution < 1.29 is 5.11 Å². The topological polar surface area (TPSA) is 49.7 Å². The summed E-state index contributed by atoms with van der Waals surface area (Å²) >= 11 is 2.16. The minimum absolute atomic E-state index is 0.0326. The van der Waals surface area contributed by atoms with Gasteiger partial charge in [0.15, 0.2) is 0 Å². The minimum atomic E-state index is -0.170. The van der Waals surface area contributed by atoms with Gasteiger partial charge in [-0.25, -0.2) is 0 Å². The molecular formula is C22H41NO2S. The highest BCUT2D eigenvalue weighted by Crippen LogP contribution is 2.50. The number of nitrogens with zero attached hydrogens (tertiary/aromatic N) is 1. The van der Waals surface area contributed by atoms with Crippen molar-refractivity contribution in [2.45, 2.75) is 104 Å². The van der Waals surface area contributed by atoms with Crippen molar-refractivity contribution in [3.63, 3.8) is 0 Å². The van der Waals surface area contributed by atoms with Gasteiger partial charge in [0.05, 0.1) is 12.1 Å². The zero-order chi connectivity index (χ0) is 19.9. The lowest BCUT2D eigenvalue weighted by molar-refractivity contribution is -0.00302. The first-order valence-corrected chi connectivity index (χ1v) is 11.4. The second-order valence-electron chi connectivity index (χ2n) is 11.3. The van der Waals surface area contributed by atoms with Gasteiger partial charge in [0.2, 0.25) is 0 Å². The van der Waals surface area contributed by atoms with Crippen molar-refractivity contribution in [3.8, 4) is 0 Å². The molecule has 3 nitrogen and oxygen atoms in total. The van der Waals surface area contributed by atoms with Gasteiger partial charge in [-0.3, -0.25) is 0 Å². The van der Waals surface area contributed by atoms with Crippen LogP contribution < -0.4 is 0 Å². The van der Waals surface area contributed by atoms with Crippen molar-refractivity contribution >= 4 is 11.8 Å². The average molecular weight is 384 g/mol. The first kappa shape index (κ1) is 22.2. The lowest BCUT2D eigenvalue weighted by Gasteiger charge is -2.47. The van der Waals surface area contributed by atoms with Crippen molar-refractivity contribution in [1.82, 2.24) is 0 Å². The predicted molar refractivity (Wildman–Crippen MR) is 113 cm³/mol. The zero-order valence-corrected chi connectivity index (χ0v) is 19.0. The number of aliphatic hydroxyl groups is 1. The summed E-state index contributed by atoms with van der Waals surface area (Å²) in [5, 5.41) is 15.3. The molecule has 0 saturated heterocycles. The highest BCUT2D eigenvalue weighted by atomic mass is 32.2. The monoisotopic (exact) mass is 383 g/mol. The second-order valence-corrected chi connectivity index (χ2v) is 12.8. The van der Waals surface area contributed by atoms with Crippen molar-refractivity contribution in [1.29, 1.82) is 0 Å². The van der Waals surface area contributed by atoms with Gasteiger partial charge < -0.3 is 5.11 Å². The first-order chi connectivity index (χ1) is 11.8. The Morgan fingerprint density at radius 1 is 0.808 bits per heavy atom. The Morgan fingerprint density at radius 3 is 1.73 bits per heavy atom. The van der Waals surface area contributed by atoms with Crippen LogP contribution in [-0.2, 0) is 0 Å². The van der Waals surface area contributed by atoms with Crippen LogP contribution in [-0.4, -0.2) is 27.8 Å². The molecule has 0 aromatic carbocycles. The summed E-state index contributed by atoms with van der Waals surface area (Å²) in [6, 6.07) is -0.0326. The maximum atomic E-state index is 11.4. The van der Waals surface area contributed by atoms with E-state index in [0.29, 0.717) is 34.2 Å². The molecule has 0 aliphatic heterocycles. The summed E-state index contributed by atoms with van der Waals surface area (Å²) in [6.45, 7) is 18.2. The fraction of sp³-hybridized carbons (Fsp3) is 1.00. The maximum absolute atomic E-state index is 11.4. The normalized spacial score (nSPS) is 42.5. The molecule has 8 unspecified atom stereocenters. The van der Waals surface area contributed by atoms with Crippen LogP contribution in [0.5, 0.6) is 0 Å². The van der Waals surface area contributed by atoms with Crippen molar-refractivity contribution in [2.75, 3.05) is 0 Å². The molecule has 152 valence electrons. The van der Waals surface area contributed by atoms with Gasteiger partial charge >= 0.3 is 0 Å². The molecule has 0 radical (unpaired) electrons. The molecule has 0 heterocycles. The Hall–Kier alpha value is -0.0900. The minimum Gasteiger partial charge on any atom is -0.393 e. The van der Waals surface area contributed by atoms with Gasteiger partial charge in [0, 0.05) is 10.5 Å². The highest BCUT2D eigenvalue weighted by molar-refractivity contribution is 8.00. The van der Waals surface area contributed by atoms with Gasteiger partial charge in [0.25, 0.3) is 0 Å².